The summed E-state index contributed by atoms with van der Waals surface area (Å²) in [7, 11) is 0. The molecule has 0 aromatic carbocycles. The van der Waals surface area contributed by atoms with E-state index in [1.54, 1.807) is 0 Å². The van der Waals surface area contributed by atoms with Gasteiger partial charge in [-0.25, -0.2) is 0 Å². The zero-order valence-corrected chi connectivity index (χ0v) is 38.2. The minimum Gasteiger partial charge on any atom is -0.462 e. The second kappa shape index (κ2) is 47.3. The highest BCUT2D eigenvalue weighted by Crippen LogP contribution is 2.14. The van der Waals surface area contributed by atoms with E-state index >= 15 is 0 Å². The fourth-order valence-corrected chi connectivity index (χ4v) is 6.33. The van der Waals surface area contributed by atoms with Crippen LogP contribution >= 0.6 is 0 Å². The van der Waals surface area contributed by atoms with Gasteiger partial charge in [-0.2, -0.15) is 0 Å². The Balaban J connectivity index is 4.41. The average molecular weight is 821 g/mol. The largest absolute Gasteiger partial charge is 0.462 e. The second-order valence-corrected chi connectivity index (χ2v) is 15.6. The number of hydrogen-bond donors (Lipinski definition) is 0. The standard InChI is InChI=1S/C53H88O6/c1-4-7-10-13-16-19-21-23-24-25-26-27-28-30-31-34-37-40-43-46-52(55)58-49-50(48-57-51(54)45-42-39-36-33-18-15-12-9-6-3)59-53(56)47-44-41-38-35-32-29-22-20-17-14-11-8-5-2/h7,9-10,12,16,18-19,23-24,26-27,30-31,33,50H,4-6,8,11,13-15,17,20-22,25,28-29,32,34-49H2,1-3H3/b10-7-,12-9-,19-16-,24-23-,27-26-,31-30-,33-18-. The molecule has 336 valence electrons. The van der Waals surface area contributed by atoms with Gasteiger partial charge in [0.05, 0.1) is 0 Å². The smallest absolute Gasteiger partial charge is 0.306 e. The van der Waals surface area contributed by atoms with E-state index < -0.39 is 6.10 Å². The lowest BCUT2D eigenvalue weighted by molar-refractivity contribution is -0.167. The van der Waals surface area contributed by atoms with Gasteiger partial charge in [-0.05, 0) is 89.9 Å². The summed E-state index contributed by atoms with van der Waals surface area (Å²) >= 11 is 0. The molecule has 1 atom stereocenters. The van der Waals surface area contributed by atoms with Crippen LogP contribution in [0.1, 0.15) is 213 Å². The molecule has 0 aliphatic rings. The van der Waals surface area contributed by atoms with E-state index in [1.807, 2.05) is 0 Å². The molecule has 0 saturated carbocycles. The first kappa shape index (κ1) is 55.6. The van der Waals surface area contributed by atoms with Crippen LogP contribution in [0.15, 0.2) is 85.1 Å². The molecule has 0 aliphatic carbocycles. The third-order valence-corrected chi connectivity index (χ3v) is 9.90. The highest BCUT2D eigenvalue weighted by atomic mass is 16.6. The summed E-state index contributed by atoms with van der Waals surface area (Å²) in [5.74, 6) is -0.973. The summed E-state index contributed by atoms with van der Waals surface area (Å²) < 4.78 is 16.7. The van der Waals surface area contributed by atoms with Gasteiger partial charge >= 0.3 is 17.9 Å². The predicted octanol–water partition coefficient (Wildman–Crippen LogP) is 15.6. The number of carbonyl (C=O) groups is 3. The second-order valence-electron chi connectivity index (χ2n) is 15.6. The van der Waals surface area contributed by atoms with Crippen molar-refractivity contribution in [2.45, 2.75) is 219 Å². The maximum absolute atomic E-state index is 12.7. The van der Waals surface area contributed by atoms with Crippen LogP contribution in [0.2, 0.25) is 0 Å². The Labute approximate surface area is 363 Å². The van der Waals surface area contributed by atoms with Crippen molar-refractivity contribution in [2.75, 3.05) is 13.2 Å². The van der Waals surface area contributed by atoms with Crippen molar-refractivity contribution in [3.63, 3.8) is 0 Å². The number of rotatable bonds is 42. The Morgan fingerprint density at radius 3 is 1.07 bits per heavy atom. The van der Waals surface area contributed by atoms with E-state index in [0.717, 1.165) is 109 Å². The first-order chi connectivity index (χ1) is 29.0. The van der Waals surface area contributed by atoms with E-state index in [-0.39, 0.29) is 31.1 Å². The van der Waals surface area contributed by atoms with Gasteiger partial charge in [-0.15, -0.1) is 0 Å². The van der Waals surface area contributed by atoms with E-state index in [4.69, 9.17) is 14.2 Å². The fraction of sp³-hybridized carbons (Fsp3) is 0.679. The lowest BCUT2D eigenvalue weighted by atomic mass is 10.0. The van der Waals surface area contributed by atoms with Gasteiger partial charge in [0.25, 0.3) is 0 Å². The van der Waals surface area contributed by atoms with Crippen LogP contribution in [0.25, 0.3) is 0 Å². The summed E-state index contributed by atoms with van der Waals surface area (Å²) in [6, 6.07) is 0. The van der Waals surface area contributed by atoms with Crippen LogP contribution in [-0.2, 0) is 28.6 Å². The van der Waals surface area contributed by atoms with E-state index in [9.17, 15) is 14.4 Å². The van der Waals surface area contributed by atoms with Crippen molar-refractivity contribution in [1.82, 2.24) is 0 Å². The number of esters is 3. The Hall–Kier alpha value is -3.41. The van der Waals surface area contributed by atoms with Crippen molar-refractivity contribution < 1.29 is 28.6 Å². The molecule has 0 N–H and O–H groups in total. The van der Waals surface area contributed by atoms with Crippen molar-refractivity contribution in [2.24, 2.45) is 0 Å². The third-order valence-electron chi connectivity index (χ3n) is 9.90. The molecular formula is C53H88O6. The quantitative estimate of drug-likeness (QED) is 0.0264. The van der Waals surface area contributed by atoms with Gasteiger partial charge in [0.1, 0.15) is 13.2 Å². The van der Waals surface area contributed by atoms with Gasteiger partial charge in [0.2, 0.25) is 0 Å². The number of hydrogen-bond acceptors (Lipinski definition) is 6. The summed E-state index contributed by atoms with van der Waals surface area (Å²) in [4.78, 5) is 37.8. The number of carbonyl (C=O) groups excluding carboxylic acids is 3. The van der Waals surface area contributed by atoms with Crippen LogP contribution in [0.4, 0.5) is 0 Å². The monoisotopic (exact) mass is 821 g/mol. The van der Waals surface area contributed by atoms with Crippen molar-refractivity contribution in [3.8, 4) is 0 Å². The van der Waals surface area contributed by atoms with Crippen LogP contribution in [0, 0.1) is 0 Å². The summed E-state index contributed by atoms with van der Waals surface area (Å²) in [5.41, 5.74) is 0. The molecule has 0 heterocycles. The molecule has 0 saturated heterocycles. The molecule has 0 aromatic rings. The predicted molar refractivity (Wildman–Crippen MR) is 251 cm³/mol. The zero-order chi connectivity index (χ0) is 43.0. The van der Waals surface area contributed by atoms with E-state index in [2.05, 4.69) is 106 Å². The van der Waals surface area contributed by atoms with Crippen LogP contribution in [0.3, 0.4) is 0 Å². The molecule has 0 bridgehead atoms. The Bertz CT molecular complexity index is 1170. The first-order valence-corrected chi connectivity index (χ1v) is 24.1. The zero-order valence-electron chi connectivity index (χ0n) is 38.2. The number of ether oxygens (including phenoxy) is 3. The molecule has 0 spiro atoms. The molecule has 0 rings (SSSR count). The van der Waals surface area contributed by atoms with E-state index in [1.165, 1.54) is 64.2 Å². The Morgan fingerprint density at radius 1 is 0.356 bits per heavy atom. The van der Waals surface area contributed by atoms with Crippen molar-refractivity contribution >= 4 is 17.9 Å². The average Bonchev–Trinajstić information content (AvgIpc) is 3.23. The van der Waals surface area contributed by atoms with Gasteiger partial charge in [-0.3, -0.25) is 14.4 Å². The van der Waals surface area contributed by atoms with Gasteiger partial charge in [-0.1, -0.05) is 189 Å². The third kappa shape index (κ3) is 45.5. The topological polar surface area (TPSA) is 78.9 Å². The molecule has 0 radical (unpaired) electrons. The summed E-state index contributed by atoms with van der Waals surface area (Å²) in [6.07, 6.45) is 60.1. The molecule has 0 fully saturated rings. The lowest BCUT2D eigenvalue weighted by Crippen LogP contribution is -2.30. The highest BCUT2D eigenvalue weighted by molar-refractivity contribution is 5.71. The van der Waals surface area contributed by atoms with E-state index in [0.29, 0.717) is 19.3 Å². The SMILES string of the molecule is CC/C=C\C/C=C\C/C=C\C/C=C\C/C=C\CCCCCC(=O)OCC(COC(=O)CCCC/C=C\C/C=C\CC)OC(=O)CCCCCCCCCCCCCCC. The molecule has 0 amide bonds. The normalized spacial score (nSPS) is 12.8. The molecule has 6 nitrogen and oxygen atoms in total. The Kier molecular flexibility index (Phi) is 44.5. The fourth-order valence-electron chi connectivity index (χ4n) is 6.33. The molecule has 0 aliphatic heterocycles. The van der Waals surface area contributed by atoms with Crippen molar-refractivity contribution in [1.29, 1.82) is 0 Å². The highest BCUT2D eigenvalue weighted by Gasteiger charge is 2.19. The maximum Gasteiger partial charge on any atom is 0.306 e. The lowest BCUT2D eigenvalue weighted by Gasteiger charge is -2.18. The number of allylic oxidation sites excluding steroid dienone is 14. The van der Waals surface area contributed by atoms with Crippen LogP contribution < -0.4 is 0 Å². The van der Waals surface area contributed by atoms with Crippen molar-refractivity contribution in [3.05, 3.63) is 85.1 Å². The number of unbranched alkanes of at least 4 members (excludes halogenated alkanes) is 17. The first-order valence-electron chi connectivity index (χ1n) is 24.1. The van der Waals surface area contributed by atoms with Gasteiger partial charge in [0, 0.05) is 19.3 Å². The summed E-state index contributed by atoms with van der Waals surface area (Å²) in [6.45, 7) is 6.32. The summed E-state index contributed by atoms with van der Waals surface area (Å²) in [5, 5.41) is 0. The van der Waals surface area contributed by atoms with Crippen LogP contribution in [-0.4, -0.2) is 37.2 Å². The molecule has 6 heteroatoms. The van der Waals surface area contributed by atoms with Crippen LogP contribution in [0.5, 0.6) is 0 Å². The molecule has 59 heavy (non-hydrogen) atoms. The van der Waals surface area contributed by atoms with Gasteiger partial charge in [0.15, 0.2) is 6.10 Å². The molecule has 1 unspecified atom stereocenters. The maximum atomic E-state index is 12.7. The minimum atomic E-state index is -0.799. The molecule has 0 aromatic heterocycles. The Morgan fingerprint density at radius 2 is 0.661 bits per heavy atom. The molecular weight excluding hydrogens is 733 g/mol. The minimum absolute atomic E-state index is 0.103. The van der Waals surface area contributed by atoms with Gasteiger partial charge < -0.3 is 14.2 Å².